The first kappa shape index (κ1) is 22.3. The quantitative estimate of drug-likeness (QED) is 0.684. The number of halogens is 3. The minimum absolute atomic E-state index is 0.0957. The van der Waals surface area contributed by atoms with Crippen molar-refractivity contribution >= 4 is 17.5 Å². The fourth-order valence-electron chi connectivity index (χ4n) is 3.13. The summed E-state index contributed by atoms with van der Waals surface area (Å²) < 4.78 is 44.6. The molecule has 3 N–H and O–H groups in total. The van der Waals surface area contributed by atoms with Gasteiger partial charge >= 0.3 is 5.92 Å². The van der Waals surface area contributed by atoms with Gasteiger partial charge in [0.2, 0.25) is 0 Å². The second-order valence-corrected chi connectivity index (χ2v) is 8.10. The largest absolute Gasteiger partial charge is 0.381 e. The number of aromatic nitrogens is 2. The molecule has 0 aliphatic carbocycles. The van der Waals surface area contributed by atoms with Crippen LogP contribution in [0.25, 0.3) is 0 Å². The lowest BCUT2D eigenvalue weighted by Crippen LogP contribution is -2.49. The molecule has 0 spiro atoms. The van der Waals surface area contributed by atoms with Crippen molar-refractivity contribution in [3.8, 4) is 6.07 Å². The van der Waals surface area contributed by atoms with Crippen molar-refractivity contribution in [2.24, 2.45) is 0 Å². The number of benzene rings is 1. The van der Waals surface area contributed by atoms with Crippen molar-refractivity contribution in [2.75, 3.05) is 11.9 Å². The number of fused-ring (bicyclic) bond motifs is 1. The first-order chi connectivity index (χ1) is 14.4. The zero-order valence-electron chi connectivity index (χ0n) is 17.1. The van der Waals surface area contributed by atoms with Crippen LogP contribution in [0.4, 0.5) is 18.9 Å². The highest BCUT2D eigenvalue weighted by molar-refractivity contribution is 6.04. The summed E-state index contributed by atoms with van der Waals surface area (Å²) in [7, 11) is 0. The molecule has 0 saturated heterocycles. The van der Waals surface area contributed by atoms with E-state index in [0.29, 0.717) is 6.54 Å². The minimum atomic E-state index is -3.97. The van der Waals surface area contributed by atoms with Crippen molar-refractivity contribution in [1.82, 2.24) is 20.2 Å². The first-order valence-electron chi connectivity index (χ1n) is 9.46. The maximum atomic E-state index is 15.0. The number of nitrogens with one attached hydrogen (secondary N) is 3. The molecule has 8 nitrogen and oxygen atoms in total. The van der Waals surface area contributed by atoms with E-state index in [1.165, 1.54) is 10.6 Å². The van der Waals surface area contributed by atoms with Gasteiger partial charge in [-0.2, -0.15) is 14.0 Å². The van der Waals surface area contributed by atoms with Crippen molar-refractivity contribution in [2.45, 2.75) is 45.3 Å². The molecule has 2 aromatic rings. The molecular weight excluding hydrogens is 413 g/mol. The maximum absolute atomic E-state index is 15.0. The van der Waals surface area contributed by atoms with Gasteiger partial charge in [0.15, 0.2) is 11.5 Å². The number of nitriles is 1. The Bertz CT molecular complexity index is 1080. The number of hydrogen-bond acceptors (Lipinski definition) is 5. The summed E-state index contributed by atoms with van der Waals surface area (Å²) >= 11 is 0. The van der Waals surface area contributed by atoms with E-state index < -0.39 is 34.9 Å². The Morgan fingerprint density at radius 1 is 1.29 bits per heavy atom. The van der Waals surface area contributed by atoms with Crippen LogP contribution < -0.4 is 16.0 Å². The fraction of sp³-hybridized carbons (Fsp3) is 0.400. The number of carbonyl (C=O) groups excluding carboxylic acids is 2. The molecule has 1 aromatic carbocycles. The first-order valence-corrected chi connectivity index (χ1v) is 9.46. The summed E-state index contributed by atoms with van der Waals surface area (Å²) in [5.74, 6) is -7.89. The van der Waals surface area contributed by atoms with Crippen LogP contribution in [0.2, 0.25) is 0 Å². The van der Waals surface area contributed by atoms with Gasteiger partial charge in [-0.05, 0) is 39.0 Å². The molecule has 0 radical (unpaired) electrons. The van der Waals surface area contributed by atoms with Gasteiger partial charge in [0.1, 0.15) is 11.9 Å². The average Bonchev–Trinajstić information content (AvgIpc) is 3.08. The van der Waals surface area contributed by atoms with E-state index in [9.17, 15) is 22.8 Å². The third-order valence-electron chi connectivity index (χ3n) is 4.49. The summed E-state index contributed by atoms with van der Waals surface area (Å²) in [5.41, 5.74) is -1.15. The summed E-state index contributed by atoms with van der Waals surface area (Å²) in [4.78, 5) is 28.8. The highest BCUT2D eigenvalue weighted by Gasteiger charge is 2.48. The topological polar surface area (TPSA) is 112 Å². The van der Waals surface area contributed by atoms with E-state index in [4.69, 9.17) is 5.26 Å². The molecule has 0 unspecified atom stereocenters. The van der Waals surface area contributed by atoms with Crippen molar-refractivity contribution < 1.29 is 22.8 Å². The molecule has 1 aliphatic heterocycles. The molecule has 1 aromatic heterocycles. The monoisotopic (exact) mass is 434 g/mol. The van der Waals surface area contributed by atoms with Gasteiger partial charge in [0, 0.05) is 30.9 Å². The van der Waals surface area contributed by atoms with E-state index in [1.807, 2.05) is 0 Å². The van der Waals surface area contributed by atoms with Gasteiger partial charge in [-0.25, -0.2) is 9.37 Å². The fourth-order valence-corrected chi connectivity index (χ4v) is 3.13. The maximum Gasteiger partial charge on any atom is 0.381 e. The molecule has 0 bridgehead atoms. The second-order valence-electron chi connectivity index (χ2n) is 8.10. The van der Waals surface area contributed by atoms with Gasteiger partial charge in [-0.3, -0.25) is 9.59 Å². The number of carbonyl (C=O) groups is 2. The zero-order valence-corrected chi connectivity index (χ0v) is 17.1. The third kappa shape index (κ3) is 4.54. The summed E-state index contributed by atoms with van der Waals surface area (Å²) in [6.07, 6.45) is 0. The van der Waals surface area contributed by atoms with E-state index in [1.54, 1.807) is 26.8 Å². The number of hydrogen-bond donors (Lipinski definition) is 3. The highest BCUT2D eigenvalue weighted by Crippen LogP contribution is 2.31. The number of amides is 2. The van der Waals surface area contributed by atoms with E-state index in [0.717, 1.165) is 12.1 Å². The lowest BCUT2D eigenvalue weighted by Gasteiger charge is -2.25. The molecule has 3 rings (SSSR count). The minimum Gasteiger partial charge on any atom is -0.346 e. The lowest BCUT2D eigenvalue weighted by atomic mass is 10.1. The smallest absolute Gasteiger partial charge is 0.346 e. The Morgan fingerprint density at radius 2 is 2.00 bits per heavy atom. The van der Waals surface area contributed by atoms with Crippen LogP contribution in [0.15, 0.2) is 18.2 Å². The van der Waals surface area contributed by atoms with E-state index >= 15 is 0 Å². The average molecular weight is 434 g/mol. The number of nitrogens with zero attached hydrogens (tertiary/aromatic N) is 3. The Morgan fingerprint density at radius 3 is 2.65 bits per heavy atom. The van der Waals surface area contributed by atoms with Crippen LogP contribution in [0, 0.1) is 17.1 Å². The van der Waals surface area contributed by atoms with E-state index in [2.05, 4.69) is 20.9 Å². The molecular formula is C20H21F3N6O2. The third-order valence-corrected chi connectivity index (χ3v) is 4.49. The number of imidazole rings is 1. The van der Waals surface area contributed by atoms with Crippen LogP contribution in [-0.2, 0) is 23.8 Å². The van der Waals surface area contributed by atoms with Gasteiger partial charge in [0.05, 0.1) is 11.3 Å². The van der Waals surface area contributed by atoms with Crippen LogP contribution in [0.3, 0.4) is 0 Å². The number of anilines is 1. The molecule has 164 valence electrons. The van der Waals surface area contributed by atoms with Crippen molar-refractivity contribution in [3.63, 3.8) is 0 Å². The van der Waals surface area contributed by atoms with Crippen LogP contribution in [0.5, 0.6) is 0 Å². The Labute approximate surface area is 176 Å². The lowest BCUT2D eigenvalue weighted by molar-refractivity contribution is -0.150. The van der Waals surface area contributed by atoms with Crippen molar-refractivity contribution in [3.05, 3.63) is 46.8 Å². The standard InChI is InChI=1S/C20H21F3N6O2/c1-19(2,3)28-18(31)20(22,23)17-27-15(14-10-25-6-7-29(14)17)16(30)26-12-4-5-13(21)11(8-12)9-24/h4-5,8,25H,6-7,10H2,1-3H3,(H,26,30)(H,28,31). The number of alkyl halides is 2. The van der Waals surface area contributed by atoms with Gasteiger partial charge < -0.3 is 20.5 Å². The molecule has 2 heterocycles. The van der Waals surface area contributed by atoms with Gasteiger partial charge in [0.25, 0.3) is 11.8 Å². The molecule has 31 heavy (non-hydrogen) atoms. The van der Waals surface area contributed by atoms with Crippen LogP contribution in [-0.4, -0.2) is 33.4 Å². The van der Waals surface area contributed by atoms with E-state index in [-0.39, 0.29) is 35.7 Å². The zero-order chi connectivity index (χ0) is 23.0. The Kier molecular flexibility index (Phi) is 5.78. The molecule has 1 aliphatic rings. The predicted molar refractivity (Wildman–Crippen MR) is 105 cm³/mol. The normalized spacial score (nSPS) is 13.8. The van der Waals surface area contributed by atoms with Crippen molar-refractivity contribution in [1.29, 1.82) is 5.26 Å². The Balaban J connectivity index is 1.97. The summed E-state index contributed by atoms with van der Waals surface area (Å²) in [6.45, 7) is 5.27. The molecule has 2 amide bonds. The van der Waals surface area contributed by atoms with Gasteiger partial charge in [-0.15, -0.1) is 0 Å². The molecule has 0 atom stereocenters. The summed E-state index contributed by atoms with van der Waals surface area (Å²) in [6, 6.07) is 5.03. The van der Waals surface area contributed by atoms with Crippen LogP contribution >= 0.6 is 0 Å². The van der Waals surface area contributed by atoms with Crippen LogP contribution in [0.1, 0.15) is 48.3 Å². The molecule has 11 heteroatoms. The Hall–Kier alpha value is -3.39. The predicted octanol–water partition coefficient (Wildman–Crippen LogP) is 2.26. The second kappa shape index (κ2) is 8.03. The highest BCUT2D eigenvalue weighted by atomic mass is 19.3. The SMILES string of the molecule is CC(C)(C)NC(=O)C(F)(F)c1nc(C(=O)Nc2ccc(F)c(C#N)c2)c2n1CCNC2. The van der Waals surface area contributed by atoms with Gasteiger partial charge in [-0.1, -0.05) is 0 Å². The number of rotatable bonds is 4. The molecule has 0 fully saturated rings. The molecule has 0 saturated carbocycles. The summed E-state index contributed by atoms with van der Waals surface area (Å²) in [5, 5.41) is 16.6.